The SMILES string of the molecule is COc1cc2ncnc(Nc3ccc(C(C)=NOCc4ccc(Cl)cc4)cc3)c2cc1OCCCN1CCOCC1.Cl. The summed E-state index contributed by atoms with van der Waals surface area (Å²) in [6, 6.07) is 19.3. The molecule has 42 heavy (non-hydrogen) atoms. The zero-order valence-corrected chi connectivity index (χ0v) is 25.3. The summed E-state index contributed by atoms with van der Waals surface area (Å²) in [7, 11) is 1.64. The van der Waals surface area contributed by atoms with Crippen LogP contribution in [0.5, 0.6) is 11.5 Å². The molecule has 0 aliphatic carbocycles. The molecule has 11 heteroatoms. The molecule has 0 unspecified atom stereocenters. The standard InChI is InChI=1S/C31H34ClN5O4.ClH/c1-22(36-41-20-23-4-8-25(32)9-5-23)24-6-10-26(11-7-24)35-31-27-18-30(29(38-2)19-28(27)33-21-34-31)40-15-3-12-37-13-16-39-17-14-37;/h4-11,18-19,21H,3,12-17,20H2,1-2H3,(H,33,34,35);1H. The van der Waals surface area contributed by atoms with Crippen LogP contribution < -0.4 is 14.8 Å². The van der Waals surface area contributed by atoms with Crippen LogP contribution in [0.2, 0.25) is 5.02 Å². The van der Waals surface area contributed by atoms with Crippen molar-refractivity contribution < 1.29 is 19.0 Å². The van der Waals surface area contributed by atoms with Crippen LogP contribution in [0.3, 0.4) is 0 Å². The van der Waals surface area contributed by atoms with Gasteiger partial charge in [0, 0.05) is 41.8 Å². The first-order valence-corrected chi connectivity index (χ1v) is 14.0. The van der Waals surface area contributed by atoms with E-state index in [2.05, 4.69) is 25.3 Å². The van der Waals surface area contributed by atoms with Crippen molar-refractivity contribution in [2.75, 3.05) is 51.9 Å². The fourth-order valence-corrected chi connectivity index (χ4v) is 4.63. The van der Waals surface area contributed by atoms with Gasteiger partial charge in [0.1, 0.15) is 18.8 Å². The number of fused-ring (bicyclic) bond motifs is 1. The summed E-state index contributed by atoms with van der Waals surface area (Å²) in [5.74, 6) is 1.99. The normalized spacial score (nSPS) is 13.8. The number of rotatable bonds is 12. The van der Waals surface area contributed by atoms with Crippen molar-refractivity contribution in [2.24, 2.45) is 5.16 Å². The maximum absolute atomic E-state index is 6.14. The number of hydrogen-bond acceptors (Lipinski definition) is 9. The Morgan fingerprint density at radius 3 is 2.52 bits per heavy atom. The summed E-state index contributed by atoms with van der Waals surface area (Å²) in [6.07, 6.45) is 2.45. The molecule has 2 heterocycles. The van der Waals surface area contributed by atoms with E-state index >= 15 is 0 Å². The third kappa shape index (κ3) is 8.45. The number of aromatic nitrogens is 2. The third-order valence-electron chi connectivity index (χ3n) is 6.81. The van der Waals surface area contributed by atoms with Gasteiger partial charge in [0.25, 0.3) is 0 Å². The molecule has 3 aromatic carbocycles. The van der Waals surface area contributed by atoms with Crippen molar-refractivity contribution >= 4 is 52.1 Å². The van der Waals surface area contributed by atoms with E-state index in [0.29, 0.717) is 35.6 Å². The summed E-state index contributed by atoms with van der Waals surface area (Å²) in [4.78, 5) is 16.9. The molecule has 5 rings (SSSR count). The summed E-state index contributed by atoms with van der Waals surface area (Å²) in [5.41, 5.74) is 4.38. The summed E-state index contributed by atoms with van der Waals surface area (Å²) in [6.45, 7) is 7.38. The van der Waals surface area contributed by atoms with Gasteiger partial charge in [0.2, 0.25) is 0 Å². The first-order chi connectivity index (χ1) is 20.1. The Morgan fingerprint density at radius 1 is 1.02 bits per heavy atom. The Balaban J connectivity index is 0.00000405. The van der Waals surface area contributed by atoms with Crippen LogP contribution in [0.1, 0.15) is 24.5 Å². The highest BCUT2D eigenvalue weighted by Crippen LogP contribution is 2.35. The summed E-state index contributed by atoms with van der Waals surface area (Å²) in [5, 5.41) is 9.20. The quantitative estimate of drug-likeness (QED) is 0.110. The molecule has 0 spiro atoms. The lowest BCUT2D eigenvalue weighted by atomic mass is 10.1. The molecule has 0 radical (unpaired) electrons. The number of benzene rings is 3. The van der Waals surface area contributed by atoms with Gasteiger partial charge >= 0.3 is 0 Å². The molecule has 1 aliphatic heterocycles. The number of anilines is 2. The highest BCUT2D eigenvalue weighted by molar-refractivity contribution is 6.30. The van der Waals surface area contributed by atoms with Gasteiger partial charge in [-0.1, -0.05) is 41.0 Å². The lowest BCUT2D eigenvalue weighted by Crippen LogP contribution is -2.37. The molecule has 0 amide bonds. The maximum atomic E-state index is 6.14. The molecule has 1 N–H and O–H groups in total. The minimum Gasteiger partial charge on any atom is -0.493 e. The van der Waals surface area contributed by atoms with E-state index in [1.54, 1.807) is 7.11 Å². The van der Waals surface area contributed by atoms with Gasteiger partial charge in [0.15, 0.2) is 11.5 Å². The molecular formula is C31H35Cl2N5O4. The second kappa shape index (κ2) is 15.6. The van der Waals surface area contributed by atoms with E-state index in [9.17, 15) is 0 Å². The van der Waals surface area contributed by atoms with Crippen LogP contribution in [0.25, 0.3) is 10.9 Å². The second-order valence-electron chi connectivity index (χ2n) is 9.68. The minimum atomic E-state index is 0. The maximum Gasteiger partial charge on any atom is 0.162 e. The van der Waals surface area contributed by atoms with E-state index in [-0.39, 0.29) is 12.4 Å². The number of oxime groups is 1. The molecular weight excluding hydrogens is 577 g/mol. The van der Waals surface area contributed by atoms with Gasteiger partial charge in [0.05, 0.1) is 38.2 Å². The van der Waals surface area contributed by atoms with Crippen molar-refractivity contribution in [1.82, 2.24) is 14.9 Å². The third-order valence-corrected chi connectivity index (χ3v) is 7.06. The van der Waals surface area contributed by atoms with Crippen LogP contribution in [-0.4, -0.2) is 67.1 Å². The van der Waals surface area contributed by atoms with Gasteiger partial charge in [-0.2, -0.15) is 0 Å². The number of methoxy groups -OCH3 is 1. The van der Waals surface area contributed by atoms with E-state index in [4.69, 9.17) is 30.6 Å². The van der Waals surface area contributed by atoms with E-state index in [1.165, 1.54) is 6.33 Å². The van der Waals surface area contributed by atoms with Crippen molar-refractivity contribution in [3.05, 3.63) is 83.1 Å². The molecule has 0 atom stereocenters. The first-order valence-electron chi connectivity index (χ1n) is 13.6. The molecule has 0 saturated carbocycles. The van der Waals surface area contributed by atoms with Crippen molar-refractivity contribution in [1.29, 1.82) is 0 Å². The molecule has 1 fully saturated rings. The van der Waals surface area contributed by atoms with Crippen molar-refractivity contribution in [3.63, 3.8) is 0 Å². The number of ether oxygens (including phenoxy) is 3. The predicted octanol–water partition coefficient (Wildman–Crippen LogP) is 6.50. The van der Waals surface area contributed by atoms with E-state index in [1.807, 2.05) is 67.6 Å². The number of hydrogen-bond donors (Lipinski definition) is 1. The van der Waals surface area contributed by atoms with Crippen molar-refractivity contribution in [3.8, 4) is 11.5 Å². The molecule has 9 nitrogen and oxygen atoms in total. The molecule has 1 saturated heterocycles. The Kier molecular flexibility index (Phi) is 11.6. The first kappa shape index (κ1) is 31.3. The lowest BCUT2D eigenvalue weighted by molar-refractivity contribution is 0.0357. The Hall–Kier alpha value is -3.63. The summed E-state index contributed by atoms with van der Waals surface area (Å²) < 4.78 is 17.2. The van der Waals surface area contributed by atoms with Crippen LogP contribution in [0.4, 0.5) is 11.5 Å². The number of nitrogens with one attached hydrogen (secondary N) is 1. The Bertz CT molecular complexity index is 1460. The minimum absolute atomic E-state index is 0. The number of morpholine rings is 1. The zero-order chi connectivity index (χ0) is 28.4. The van der Waals surface area contributed by atoms with Gasteiger partial charge in [-0.3, -0.25) is 4.90 Å². The average molecular weight is 613 g/mol. The van der Waals surface area contributed by atoms with Crippen LogP contribution in [-0.2, 0) is 16.2 Å². The number of halogens is 2. The van der Waals surface area contributed by atoms with E-state index in [0.717, 1.165) is 72.7 Å². The van der Waals surface area contributed by atoms with Crippen LogP contribution in [0, 0.1) is 0 Å². The Morgan fingerprint density at radius 2 is 1.79 bits per heavy atom. The zero-order valence-electron chi connectivity index (χ0n) is 23.7. The fraction of sp³-hybridized carbons (Fsp3) is 0.323. The lowest BCUT2D eigenvalue weighted by Gasteiger charge is -2.26. The molecule has 1 aromatic heterocycles. The predicted molar refractivity (Wildman–Crippen MR) is 169 cm³/mol. The van der Waals surface area contributed by atoms with Gasteiger partial charge in [-0.05, 0) is 54.8 Å². The van der Waals surface area contributed by atoms with E-state index < -0.39 is 0 Å². The highest BCUT2D eigenvalue weighted by Gasteiger charge is 2.14. The Labute approximate surface area is 257 Å². The monoisotopic (exact) mass is 611 g/mol. The summed E-state index contributed by atoms with van der Waals surface area (Å²) >= 11 is 5.94. The van der Waals surface area contributed by atoms with Crippen LogP contribution >= 0.6 is 24.0 Å². The highest BCUT2D eigenvalue weighted by atomic mass is 35.5. The van der Waals surface area contributed by atoms with Gasteiger partial charge in [-0.15, -0.1) is 12.4 Å². The molecule has 222 valence electrons. The topological polar surface area (TPSA) is 90.3 Å². The van der Waals surface area contributed by atoms with Gasteiger partial charge < -0.3 is 24.4 Å². The average Bonchev–Trinajstić information content (AvgIpc) is 3.01. The van der Waals surface area contributed by atoms with Crippen molar-refractivity contribution in [2.45, 2.75) is 20.0 Å². The largest absolute Gasteiger partial charge is 0.493 e. The van der Waals surface area contributed by atoms with Crippen LogP contribution in [0.15, 0.2) is 72.1 Å². The molecule has 4 aromatic rings. The number of nitrogens with zero attached hydrogens (tertiary/aromatic N) is 4. The fourth-order valence-electron chi connectivity index (χ4n) is 4.50. The van der Waals surface area contributed by atoms with Gasteiger partial charge in [-0.25, -0.2) is 9.97 Å². The molecule has 1 aliphatic rings. The molecule has 0 bridgehead atoms. The second-order valence-corrected chi connectivity index (χ2v) is 10.1. The smallest absolute Gasteiger partial charge is 0.162 e.